The Labute approximate surface area is 230 Å². The molecule has 0 aromatic heterocycles. The van der Waals surface area contributed by atoms with E-state index in [9.17, 15) is 13.2 Å². The first-order valence-corrected chi connectivity index (χ1v) is 16.0. The molecule has 1 aromatic rings. The van der Waals surface area contributed by atoms with E-state index in [0.717, 1.165) is 31.6 Å². The fourth-order valence-corrected chi connectivity index (χ4v) is 8.23. The summed E-state index contributed by atoms with van der Waals surface area (Å²) in [6, 6.07) is 4.30. The van der Waals surface area contributed by atoms with Crippen molar-refractivity contribution < 1.29 is 17.9 Å². The van der Waals surface area contributed by atoms with E-state index in [1.807, 2.05) is 0 Å². The minimum Gasteiger partial charge on any atom is -0.497 e. The SMILES string of the molecule is COc1cc(C)c(S(=O)(=O)N(C)CCC(=O)NC2CCC(N3CC[C@@H](CCN4CCCC4)C3)CC2)c(C)c1. The summed E-state index contributed by atoms with van der Waals surface area (Å²) in [5.74, 6) is 1.41. The number of carbonyl (C=O) groups is 1. The Kier molecular flexibility index (Phi) is 10.1. The van der Waals surface area contributed by atoms with Crippen LogP contribution in [0.3, 0.4) is 0 Å². The van der Waals surface area contributed by atoms with Gasteiger partial charge in [-0.3, -0.25) is 4.79 Å². The third-order valence-electron chi connectivity index (χ3n) is 8.94. The molecule has 0 bridgehead atoms. The number of methoxy groups -OCH3 is 1. The maximum Gasteiger partial charge on any atom is 0.243 e. The number of nitrogens with one attached hydrogen (secondary N) is 1. The highest BCUT2D eigenvalue weighted by atomic mass is 32.2. The molecular formula is C29H48N4O4S. The number of ether oxygens (including phenoxy) is 1. The Morgan fingerprint density at radius 1 is 1.05 bits per heavy atom. The first-order valence-electron chi connectivity index (χ1n) is 14.5. The van der Waals surface area contributed by atoms with Crippen molar-refractivity contribution in [2.24, 2.45) is 5.92 Å². The maximum absolute atomic E-state index is 13.2. The maximum atomic E-state index is 13.2. The highest BCUT2D eigenvalue weighted by Crippen LogP contribution is 2.30. The standard InChI is InChI=1S/C29H48N4O4S/c1-22-19-27(37-4)20-23(2)29(22)38(35,36)31(3)16-13-28(34)30-25-7-9-26(10-8-25)33-18-12-24(21-33)11-17-32-14-5-6-15-32/h19-20,24-26H,5-18,21H2,1-4H3,(H,30,34)/t24-,25?,26?/m1/s1. The van der Waals surface area contributed by atoms with Crippen molar-refractivity contribution in [3.05, 3.63) is 23.3 Å². The average Bonchev–Trinajstić information content (AvgIpc) is 3.58. The van der Waals surface area contributed by atoms with E-state index in [2.05, 4.69) is 15.1 Å². The molecule has 2 heterocycles. The molecule has 1 N–H and O–H groups in total. The lowest BCUT2D eigenvalue weighted by atomic mass is 9.90. The molecule has 4 rings (SSSR count). The van der Waals surface area contributed by atoms with Crippen molar-refractivity contribution in [3.63, 3.8) is 0 Å². The molecule has 3 aliphatic rings. The highest BCUT2D eigenvalue weighted by Gasteiger charge is 2.32. The van der Waals surface area contributed by atoms with Crippen molar-refractivity contribution >= 4 is 15.9 Å². The molecule has 0 unspecified atom stereocenters. The van der Waals surface area contributed by atoms with Gasteiger partial charge in [-0.2, -0.15) is 0 Å². The van der Waals surface area contributed by atoms with Crippen LogP contribution < -0.4 is 10.1 Å². The summed E-state index contributed by atoms with van der Waals surface area (Å²) in [5.41, 5.74) is 1.29. The van der Waals surface area contributed by atoms with Crippen molar-refractivity contribution in [1.29, 1.82) is 0 Å². The molecule has 214 valence electrons. The van der Waals surface area contributed by atoms with Gasteiger partial charge in [-0.25, -0.2) is 12.7 Å². The van der Waals surface area contributed by atoms with E-state index in [4.69, 9.17) is 4.74 Å². The number of aryl methyl sites for hydroxylation is 2. The van der Waals surface area contributed by atoms with Gasteiger partial charge in [-0.05, 0) is 121 Å². The van der Waals surface area contributed by atoms with Gasteiger partial charge in [0.1, 0.15) is 5.75 Å². The summed E-state index contributed by atoms with van der Waals surface area (Å²) in [5, 5.41) is 3.17. The van der Waals surface area contributed by atoms with Crippen LogP contribution in [0.1, 0.15) is 68.9 Å². The summed E-state index contributed by atoms with van der Waals surface area (Å²) >= 11 is 0. The minimum absolute atomic E-state index is 0.0678. The second kappa shape index (κ2) is 13.1. The molecule has 1 aromatic carbocycles. The zero-order valence-electron chi connectivity index (χ0n) is 23.9. The highest BCUT2D eigenvalue weighted by molar-refractivity contribution is 7.89. The topological polar surface area (TPSA) is 82.2 Å². The number of hydrogen-bond donors (Lipinski definition) is 1. The van der Waals surface area contributed by atoms with E-state index in [1.54, 1.807) is 40.1 Å². The molecule has 0 radical (unpaired) electrons. The van der Waals surface area contributed by atoms with E-state index in [-0.39, 0.29) is 24.9 Å². The Morgan fingerprint density at radius 3 is 2.34 bits per heavy atom. The monoisotopic (exact) mass is 548 g/mol. The lowest BCUT2D eigenvalue weighted by Crippen LogP contribution is -2.44. The second-order valence-electron chi connectivity index (χ2n) is 11.7. The quantitative estimate of drug-likeness (QED) is 0.456. The van der Waals surface area contributed by atoms with Gasteiger partial charge in [-0.1, -0.05) is 0 Å². The molecule has 1 amide bonds. The second-order valence-corrected chi connectivity index (χ2v) is 13.7. The van der Waals surface area contributed by atoms with Crippen LogP contribution in [0.2, 0.25) is 0 Å². The normalized spacial score (nSPS) is 25.2. The van der Waals surface area contributed by atoms with Crippen molar-refractivity contribution in [1.82, 2.24) is 19.4 Å². The molecule has 2 aliphatic heterocycles. The molecule has 0 spiro atoms. The molecule has 2 saturated heterocycles. The summed E-state index contributed by atoms with van der Waals surface area (Å²) in [6.45, 7) is 10.0. The number of carbonyl (C=O) groups excluding carboxylic acids is 1. The van der Waals surface area contributed by atoms with Crippen LogP contribution in [0.4, 0.5) is 0 Å². The smallest absolute Gasteiger partial charge is 0.243 e. The Bertz CT molecular complexity index is 1030. The molecule has 9 heteroatoms. The Hall–Kier alpha value is -1.68. The third kappa shape index (κ3) is 7.29. The van der Waals surface area contributed by atoms with Gasteiger partial charge >= 0.3 is 0 Å². The summed E-state index contributed by atoms with van der Waals surface area (Å²) in [4.78, 5) is 18.3. The van der Waals surface area contributed by atoms with Gasteiger partial charge in [0.05, 0.1) is 12.0 Å². The zero-order valence-corrected chi connectivity index (χ0v) is 24.7. The number of likely N-dealkylation sites (tertiary alicyclic amines) is 2. The Morgan fingerprint density at radius 2 is 1.71 bits per heavy atom. The third-order valence-corrected chi connectivity index (χ3v) is 11.1. The van der Waals surface area contributed by atoms with Gasteiger partial charge in [0.15, 0.2) is 0 Å². The van der Waals surface area contributed by atoms with Crippen LogP contribution in [-0.4, -0.2) is 93.9 Å². The van der Waals surface area contributed by atoms with Gasteiger partial charge in [0, 0.05) is 38.6 Å². The van der Waals surface area contributed by atoms with Crippen LogP contribution in [0.5, 0.6) is 5.75 Å². The predicted molar refractivity (Wildman–Crippen MR) is 151 cm³/mol. The van der Waals surface area contributed by atoms with E-state index in [0.29, 0.717) is 27.8 Å². The largest absolute Gasteiger partial charge is 0.497 e. The number of benzene rings is 1. The molecule has 8 nitrogen and oxygen atoms in total. The van der Waals surface area contributed by atoms with Crippen molar-refractivity contribution in [2.75, 3.05) is 53.4 Å². The first-order chi connectivity index (χ1) is 18.2. The van der Waals surface area contributed by atoms with E-state index >= 15 is 0 Å². The van der Waals surface area contributed by atoms with Crippen LogP contribution >= 0.6 is 0 Å². The van der Waals surface area contributed by atoms with Gasteiger partial charge < -0.3 is 19.9 Å². The molecule has 1 saturated carbocycles. The van der Waals surface area contributed by atoms with Crippen LogP contribution in [0.25, 0.3) is 0 Å². The van der Waals surface area contributed by atoms with Crippen molar-refractivity contribution in [2.45, 2.75) is 88.6 Å². The van der Waals surface area contributed by atoms with E-state index < -0.39 is 10.0 Å². The zero-order chi connectivity index (χ0) is 27.3. The summed E-state index contributed by atoms with van der Waals surface area (Å²) in [6.07, 6.45) is 9.84. The van der Waals surface area contributed by atoms with Gasteiger partial charge in [-0.15, -0.1) is 0 Å². The number of amides is 1. The molecular weight excluding hydrogens is 500 g/mol. The number of rotatable bonds is 11. The van der Waals surface area contributed by atoms with Crippen LogP contribution in [0, 0.1) is 19.8 Å². The molecule has 38 heavy (non-hydrogen) atoms. The lowest BCUT2D eigenvalue weighted by molar-refractivity contribution is -0.122. The van der Waals surface area contributed by atoms with E-state index in [1.165, 1.54) is 62.7 Å². The fraction of sp³-hybridized carbons (Fsp3) is 0.759. The number of nitrogens with zero attached hydrogens (tertiary/aromatic N) is 3. The molecule has 1 aliphatic carbocycles. The van der Waals surface area contributed by atoms with Crippen molar-refractivity contribution in [3.8, 4) is 5.75 Å². The molecule has 1 atom stereocenters. The first kappa shape index (κ1) is 29.3. The fourth-order valence-electron chi connectivity index (χ4n) is 6.66. The summed E-state index contributed by atoms with van der Waals surface area (Å²) in [7, 11) is -0.580. The minimum atomic E-state index is -3.70. The molecule has 3 fully saturated rings. The van der Waals surface area contributed by atoms with Gasteiger partial charge in [0.25, 0.3) is 0 Å². The van der Waals surface area contributed by atoms with Gasteiger partial charge in [0.2, 0.25) is 15.9 Å². The summed E-state index contributed by atoms with van der Waals surface area (Å²) < 4.78 is 33.0. The predicted octanol–water partition coefficient (Wildman–Crippen LogP) is 3.56. The number of sulfonamides is 1. The lowest BCUT2D eigenvalue weighted by Gasteiger charge is -2.35. The number of hydrogen-bond acceptors (Lipinski definition) is 6. The van der Waals surface area contributed by atoms with Crippen LogP contribution in [0.15, 0.2) is 17.0 Å². The van der Waals surface area contributed by atoms with Crippen LogP contribution in [-0.2, 0) is 14.8 Å². The average molecular weight is 549 g/mol. The Balaban J connectivity index is 1.17.